The van der Waals surface area contributed by atoms with Gasteiger partial charge in [0.1, 0.15) is 8.07 Å². The van der Waals surface area contributed by atoms with Crippen LogP contribution in [0.5, 0.6) is 0 Å². The molecule has 316 valence electrons. The van der Waals surface area contributed by atoms with E-state index in [1.54, 1.807) is 100 Å². The Kier molecular flexibility index (Phi) is 9.40. The van der Waals surface area contributed by atoms with Gasteiger partial charge < -0.3 is 9.13 Å². The van der Waals surface area contributed by atoms with Gasteiger partial charge in [-0.3, -0.25) is 0 Å². The topological polar surface area (TPSA) is 9.86 Å². The van der Waals surface area contributed by atoms with Crippen LogP contribution in [0.1, 0.15) is 44.5 Å². The van der Waals surface area contributed by atoms with E-state index < -0.39 is 66.1 Å². The lowest BCUT2D eigenvalue weighted by molar-refractivity contribution is -0.143. The molecule has 6 aromatic carbocycles. The van der Waals surface area contributed by atoms with Crippen molar-refractivity contribution in [3.63, 3.8) is 0 Å². The summed E-state index contributed by atoms with van der Waals surface area (Å²) in [6, 6.07) is 21.9. The summed E-state index contributed by atoms with van der Waals surface area (Å²) in [6.07, 6.45) is -20.3. The maximum atomic E-state index is 14.7. The largest absolute Gasteiger partial charge is 0.418 e. The van der Waals surface area contributed by atoms with Gasteiger partial charge in [-0.05, 0) is 99.5 Å². The molecular formula is C46H34F12N2Si. The Morgan fingerprint density at radius 3 is 0.984 bits per heavy atom. The molecule has 0 unspecified atom stereocenters. The van der Waals surface area contributed by atoms with Gasteiger partial charge in [0.05, 0.1) is 44.3 Å². The summed E-state index contributed by atoms with van der Waals surface area (Å²) in [5.41, 5.74) is -2.88. The third-order valence-electron chi connectivity index (χ3n) is 11.5. The summed E-state index contributed by atoms with van der Waals surface area (Å²) in [6.45, 7) is 10.8. The first-order valence-electron chi connectivity index (χ1n) is 18.9. The van der Waals surface area contributed by atoms with Crippen LogP contribution >= 0.6 is 0 Å². The lowest BCUT2D eigenvalue weighted by atomic mass is 10.0. The van der Waals surface area contributed by atoms with Gasteiger partial charge in [0, 0.05) is 32.9 Å². The maximum absolute atomic E-state index is 14.7. The second-order valence-corrected chi connectivity index (χ2v) is 20.6. The van der Waals surface area contributed by atoms with E-state index in [0.29, 0.717) is 33.3 Å². The summed E-state index contributed by atoms with van der Waals surface area (Å²) >= 11 is 0. The van der Waals surface area contributed by atoms with Crippen LogP contribution in [0.2, 0.25) is 13.1 Å². The normalized spacial score (nSPS) is 13.4. The first kappa shape index (κ1) is 42.0. The van der Waals surface area contributed by atoms with Gasteiger partial charge in [-0.1, -0.05) is 71.0 Å². The average molecular weight is 871 g/mol. The number of hydrogen-bond donors (Lipinski definition) is 0. The van der Waals surface area contributed by atoms with Crippen LogP contribution in [0.25, 0.3) is 55.0 Å². The first-order chi connectivity index (χ1) is 28.2. The van der Waals surface area contributed by atoms with Crippen molar-refractivity contribution in [1.29, 1.82) is 0 Å². The molecule has 15 heteroatoms. The molecule has 2 aromatic heterocycles. The Balaban J connectivity index is 1.26. The van der Waals surface area contributed by atoms with Gasteiger partial charge in [0.15, 0.2) is 0 Å². The van der Waals surface area contributed by atoms with Crippen LogP contribution in [0.15, 0.2) is 97.1 Å². The van der Waals surface area contributed by atoms with Crippen molar-refractivity contribution in [2.45, 2.75) is 65.5 Å². The summed E-state index contributed by atoms with van der Waals surface area (Å²) in [4.78, 5) is 0. The second-order valence-electron chi connectivity index (χ2n) is 16.2. The molecule has 0 aliphatic rings. The van der Waals surface area contributed by atoms with Crippen LogP contribution in [-0.4, -0.2) is 17.2 Å². The Morgan fingerprint density at radius 2 is 0.689 bits per heavy atom. The van der Waals surface area contributed by atoms with E-state index in [4.69, 9.17) is 0 Å². The molecule has 0 aliphatic carbocycles. The van der Waals surface area contributed by atoms with E-state index >= 15 is 0 Å². The van der Waals surface area contributed by atoms with Crippen molar-refractivity contribution in [3.8, 4) is 11.4 Å². The van der Waals surface area contributed by atoms with Crippen LogP contribution in [0, 0.1) is 27.7 Å². The molecule has 0 saturated heterocycles. The van der Waals surface area contributed by atoms with E-state index in [-0.39, 0.29) is 45.1 Å². The highest BCUT2D eigenvalue weighted by molar-refractivity contribution is 7.00. The summed E-state index contributed by atoms with van der Waals surface area (Å²) < 4.78 is 175. The molecule has 8 rings (SSSR count). The highest BCUT2D eigenvalue weighted by atomic mass is 28.3. The minimum absolute atomic E-state index is 0.138. The Morgan fingerprint density at radius 1 is 0.377 bits per heavy atom. The van der Waals surface area contributed by atoms with Gasteiger partial charge in [0.25, 0.3) is 0 Å². The molecule has 0 bridgehead atoms. The van der Waals surface area contributed by atoms with E-state index in [1.165, 1.54) is 9.13 Å². The number of rotatable bonds is 4. The number of alkyl halides is 12. The first-order valence-corrected chi connectivity index (χ1v) is 21.9. The Hall–Kier alpha value is -5.70. The predicted octanol–water partition coefficient (Wildman–Crippen LogP) is 14.0. The fourth-order valence-electron chi connectivity index (χ4n) is 8.81. The van der Waals surface area contributed by atoms with Crippen molar-refractivity contribution in [2.24, 2.45) is 0 Å². The molecule has 61 heavy (non-hydrogen) atoms. The quantitative estimate of drug-likeness (QED) is 0.123. The molecule has 0 fully saturated rings. The van der Waals surface area contributed by atoms with Gasteiger partial charge >= 0.3 is 24.7 Å². The summed E-state index contributed by atoms with van der Waals surface area (Å²) in [5, 5.41) is 1.71. The van der Waals surface area contributed by atoms with Crippen LogP contribution in [0.3, 0.4) is 0 Å². The van der Waals surface area contributed by atoms with Crippen LogP contribution in [0.4, 0.5) is 52.7 Å². The summed E-state index contributed by atoms with van der Waals surface area (Å²) in [7, 11) is -2.69. The van der Waals surface area contributed by atoms with Gasteiger partial charge in [0.2, 0.25) is 0 Å². The monoisotopic (exact) mass is 870 g/mol. The molecule has 0 aliphatic heterocycles. The lowest BCUT2D eigenvalue weighted by Crippen LogP contribution is -2.52. The van der Waals surface area contributed by atoms with Crippen molar-refractivity contribution in [2.75, 3.05) is 0 Å². The van der Waals surface area contributed by atoms with E-state index in [2.05, 4.69) is 0 Å². The highest BCUT2D eigenvalue weighted by Crippen LogP contribution is 2.47. The van der Waals surface area contributed by atoms with E-state index in [0.717, 1.165) is 22.5 Å². The minimum Gasteiger partial charge on any atom is -0.308 e. The number of fused-ring (bicyclic) bond motifs is 6. The number of halogens is 12. The van der Waals surface area contributed by atoms with E-state index in [9.17, 15) is 52.7 Å². The van der Waals surface area contributed by atoms with Crippen molar-refractivity contribution >= 4 is 62.1 Å². The average Bonchev–Trinajstić information content (AvgIpc) is 3.66. The lowest BCUT2D eigenvalue weighted by Gasteiger charge is -2.25. The van der Waals surface area contributed by atoms with Crippen molar-refractivity contribution < 1.29 is 52.7 Å². The number of benzene rings is 6. The molecule has 0 saturated carbocycles. The molecule has 2 nitrogen and oxygen atoms in total. The molecule has 0 amide bonds. The third kappa shape index (κ3) is 6.94. The maximum Gasteiger partial charge on any atom is 0.418 e. The molecule has 0 spiro atoms. The molecular weight excluding hydrogens is 837 g/mol. The van der Waals surface area contributed by atoms with Gasteiger partial charge in [-0.25, -0.2) is 0 Å². The van der Waals surface area contributed by atoms with E-state index in [1.807, 2.05) is 13.1 Å². The summed E-state index contributed by atoms with van der Waals surface area (Å²) in [5.74, 6) is 0. The van der Waals surface area contributed by atoms with Crippen molar-refractivity contribution in [1.82, 2.24) is 9.13 Å². The van der Waals surface area contributed by atoms with Crippen molar-refractivity contribution in [3.05, 3.63) is 142 Å². The predicted molar refractivity (Wildman–Crippen MR) is 217 cm³/mol. The fourth-order valence-corrected chi connectivity index (χ4v) is 11.1. The number of hydrogen-bond acceptors (Lipinski definition) is 0. The zero-order chi connectivity index (χ0) is 44.5. The van der Waals surface area contributed by atoms with Gasteiger partial charge in [-0.15, -0.1) is 0 Å². The molecule has 0 radical (unpaired) electrons. The zero-order valence-electron chi connectivity index (χ0n) is 33.2. The number of nitrogens with zero attached hydrogens (tertiary/aromatic N) is 2. The number of aromatic nitrogens is 2. The standard InChI is InChI=1S/C46H34F12N2Si/c1-23-15-25(3)39-33(17-23)35-19-27(43(47,48)49)21-37(45(53,54)55)41(35)59(39)29-7-11-31(12-8-29)61(5,6)32-13-9-30(10-14-32)60-40-26(4)16-24(2)18-34(40)36-20-28(44(50,51)52)22-38(42(36)60)46(56,57)58/h7-22H,1-6H3. The highest BCUT2D eigenvalue weighted by Gasteiger charge is 2.42. The van der Waals surface area contributed by atoms with Crippen LogP contribution < -0.4 is 10.4 Å². The minimum atomic E-state index is -5.13. The molecule has 0 atom stereocenters. The zero-order valence-corrected chi connectivity index (χ0v) is 34.2. The smallest absolute Gasteiger partial charge is 0.308 e. The Bertz CT molecular complexity index is 2860. The molecule has 2 heterocycles. The van der Waals surface area contributed by atoms with Crippen LogP contribution in [-0.2, 0) is 24.7 Å². The second kappa shape index (κ2) is 13.7. The number of aryl methyl sites for hydroxylation is 4. The molecule has 8 aromatic rings. The SMILES string of the molecule is Cc1cc(C)c2c(c1)c1cc(C(F)(F)F)cc(C(F)(F)F)c1n2-c1ccc([Si](C)(C)c2ccc(-n3c4c(C)cc(C)cc4c4cc(C(F)(F)F)cc(C(F)(F)F)c43)cc2)cc1. The van der Waals surface area contributed by atoms with Gasteiger partial charge in [-0.2, -0.15) is 52.7 Å². The fraction of sp³-hybridized carbons (Fsp3) is 0.217. The third-order valence-corrected chi connectivity index (χ3v) is 15.1. The Labute approximate surface area is 341 Å². The molecule has 0 N–H and O–H groups in total.